The first kappa shape index (κ1) is 18.9. The summed E-state index contributed by atoms with van der Waals surface area (Å²) in [6.45, 7) is -1.93. The second kappa shape index (κ2) is 8.62. The highest BCUT2D eigenvalue weighted by Crippen LogP contribution is 2.32. The number of fused-ring (bicyclic) bond motifs is 1. The smallest absolute Gasteiger partial charge is 0.387 e. The quantitative estimate of drug-likeness (QED) is 0.865. The van der Waals surface area contributed by atoms with E-state index in [4.69, 9.17) is 0 Å². The van der Waals surface area contributed by atoms with Crippen molar-refractivity contribution in [2.24, 2.45) is 0 Å². The lowest BCUT2D eigenvalue weighted by atomic mass is 9.87. The Morgan fingerprint density at radius 3 is 2.79 bits per heavy atom. The lowest BCUT2D eigenvalue weighted by Crippen LogP contribution is -2.47. The Morgan fingerprint density at radius 1 is 1.25 bits per heavy atom. The molecule has 0 radical (unpaired) electrons. The topological polar surface area (TPSA) is 50.4 Å². The van der Waals surface area contributed by atoms with E-state index in [-0.39, 0.29) is 36.1 Å². The largest absolute Gasteiger partial charge is 0.435 e. The summed E-state index contributed by atoms with van der Waals surface area (Å²) in [5.41, 5.74) is 2.00. The Labute approximate surface area is 146 Å². The molecule has 2 aliphatic rings. The molecule has 2 unspecified atom stereocenters. The highest BCUT2D eigenvalue weighted by Gasteiger charge is 2.26. The molecule has 1 saturated heterocycles. The molecular weight excluding hydrogens is 338 g/mol. The summed E-state index contributed by atoms with van der Waals surface area (Å²) in [6.07, 6.45) is 5.68. The Morgan fingerprint density at radius 2 is 2.08 bits per heavy atom. The Bertz CT molecular complexity index is 566. The highest BCUT2D eigenvalue weighted by molar-refractivity contribution is 5.85. The van der Waals surface area contributed by atoms with Crippen molar-refractivity contribution < 1.29 is 18.3 Å². The van der Waals surface area contributed by atoms with Gasteiger partial charge in [0.25, 0.3) is 0 Å². The monoisotopic (exact) mass is 360 g/mol. The van der Waals surface area contributed by atoms with Crippen LogP contribution in [0.3, 0.4) is 0 Å². The van der Waals surface area contributed by atoms with Crippen LogP contribution in [0.2, 0.25) is 0 Å². The van der Waals surface area contributed by atoms with Crippen molar-refractivity contribution >= 4 is 18.3 Å². The number of hydrogen-bond acceptors (Lipinski definition) is 3. The number of nitrogens with one attached hydrogen (secondary N) is 2. The molecule has 0 bridgehead atoms. The molecule has 24 heavy (non-hydrogen) atoms. The molecule has 0 spiro atoms. The molecule has 1 aromatic rings. The van der Waals surface area contributed by atoms with Gasteiger partial charge in [-0.15, -0.1) is 12.4 Å². The van der Waals surface area contributed by atoms with Crippen LogP contribution >= 0.6 is 12.4 Å². The molecule has 1 heterocycles. The van der Waals surface area contributed by atoms with Crippen LogP contribution in [-0.4, -0.2) is 25.1 Å². The molecule has 1 aliphatic carbocycles. The van der Waals surface area contributed by atoms with Crippen LogP contribution in [0.4, 0.5) is 8.78 Å². The fourth-order valence-electron chi connectivity index (χ4n) is 3.46. The summed E-state index contributed by atoms with van der Waals surface area (Å²) in [6, 6.07) is 4.85. The van der Waals surface area contributed by atoms with Crippen LogP contribution in [0, 0.1) is 0 Å². The molecule has 1 aliphatic heterocycles. The minimum absolute atomic E-state index is 0. The maximum Gasteiger partial charge on any atom is 0.387 e. The number of rotatable bonds is 4. The average Bonchev–Trinajstić information content (AvgIpc) is 2.55. The molecule has 0 aromatic heterocycles. The zero-order chi connectivity index (χ0) is 16.2. The van der Waals surface area contributed by atoms with Gasteiger partial charge in [-0.05, 0) is 61.9 Å². The molecule has 0 saturated carbocycles. The van der Waals surface area contributed by atoms with Crippen LogP contribution in [0.1, 0.15) is 49.3 Å². The van der Waals surface area contributed by atoms with Crippen molar-refractivity contribution in [3.63, 3.8) is 0 Å². The molecule has 134 valence electrons. The molecule has 1 amide bonds. The van der Waals surface area contributed by atoms with Crippen LogP contribution in [-0.2, 0) is 11.2 Å². The lowest BCUT2D eigenvalue weighted by molar-refractivity contribution is -0.124. The summed E-state index contributed by atoms with van der Waals surface area (Å²) in [5.74, 6) is 0.218. The fourth-order valence-corrected chi connectivity index (χ4v) is 3.46. The number of piperidine rings is 1. The van der Waals surface area contributed by atoms with E-state index in [2.05, 4.69) is 15.4 Å². The number of carbonyl (C=O) groups is 1. The van der Waals surface area contributed by atoms with Gasteiger partial charge in [0.1, 0.15) is 5.75 Å². The van der Waals surface area contributed by atoms with Crippen molar-refractivity contribution in [3.8, 4) is 5.75 Å². The number of amides is 1. The highest BCUT2D eigenvalue weighted by atomic mass is 35.5. The van der Waals surface area contributed by atoms with Gasteiger partial charge < -0.3 is 15.4 Å². The van der Waals surface area contributed by atoms with Crippen molar-refractivity contribution in [1.29, 1.82) is 0 Å². The summed E-state index contributed by atoms with van der Waals surface area (Å²) < 4.78 is 29.1. The SMILES string of the molecule is Cl.O=C(NC1CCCc2cc(OC(F)F)ccc21)C1CCCCN1. The van der Waals surface area contributed by atoms with Gasteiger partial charge in [-0.3, -0.25) is 4.79 Å². The van der Waals surface area contributed by atoms with Crippen molar-refractivity contribution in [3.05, 3.63) is 29.3 Å². The normalized spacial score (nSPS) is 23.1. The zero-order valence-electron chi connectivity index (χ0n) is 13.4. The second-order valence-corrected chi connectivity index (χ2v) is 6.20. The minimum Gasteiger partial charge on any atom is -0.435 e. The van der Waals surface area contributed by atoms with E-state index >= 15 is 0 Å². The molecule has 2 N–H and O–H groups in total. The van der Waals surface area contributed by atoms with Crippen LogP contribution in [0.15, 0.2) is 18.2 Å². The molecule has 7 heteroatoms. The van der Waals surface area contributed by atoms with Gasteiger partial charge in [0, 0.05) is 0 Å². The number of halogens is 3. The van der Waals surface area contributed by atoms with Gasteiger partial charge in [0.15, 0.2) is 0 Å². The van der Waals surface area contributed by atoms with Gasteiger partial charge in [0.2, 0.25) is 5.91 Å². The maximum absolute atomic E-state index is 12.4. The molecule has 3 rings (SSSR count). The second-order valence-electron chi connectivity index (χ2n) is 6.20. The van der Waals surface area contributed by atoms with Gasteiger partial charge in [0.05, 0.1) is 12.1 Å². The number of hydrogen-bond donors (Lipinski definition) is 2. The van der Waals surface area contributed by atoms with E-state index in [0.717, 1.165) is 56.2 Å². The zero-order valence-corrected chi connectivity index (χ0v) is 14.2. The number of aryl methyl sites for hydroxylation is 1. The van der Waals surface area contributed by atoms with E-state index in [1.807, 2.05) is 0 Å². The number of ether oxygens (including phenoxy) is 1. The molecule has 4 nitrogen and oxygen atoms in total. The van der Waals surface area contributed by atoms with Gasteiger partial charge >= 0.3 is 6.61 Å². The first-order valence-corrected chi connectivity index (χ1v) is 8.25. The number of alkyl halides is 2. The third kappa shape index (κ3) is 4.57. The van der Waals surface area contributed by atoms with Crippen molar-refractivity contribution in [2.75, 3.05) is 6.54 Å². The minimum atomic E-state index is -2.82. The van der Waals surface area contributed by atoms with Gasteiger partial charge in [-0.25, -0.2) is 0 Å². The first-order valence-electron chi connectivity index (χ1n) is 8.25. The number of carbonyl (C=O) groups excluding carboxylic acids is 1. The average molecular weight is 361 g/mol. The van der Waals surface area contributed by atoms with E-state index in [1.165, 1.54) is 0 Å². The van der Waals surface area contributed by atoms with Gasteiger partial charge in [-0.2, -0.15) is 8.78 Å². The molecular formula is C17H23ClF2N2O2. The van der Waals surface area contributed by atoms with Crippen LogP contribution in [0.25, 0.3) is 0 Å². The van der Waals surface area contributed by atoms with Crippen LogP contribution in [0.5, 0.6) is 5.75 Å². The molecule has 1 aromatic carbocycles. The van der Waals surface area contributed by atoms with E-state index in [1.54, 1.807) is 18.2 Å². The lowest BCUT2D eigenvalue weighted by Gasteiger charge is -2.30. The van der Waals surface area contributed by atoms with E-state index in [9.17, 15) is 13.6 Å². The summed E-state index contributed by atoms with van der Waals surface area (Å²) in [4.78, 5) is 12.4. The summed E-state index contributed by atoms with van der Waals surface area (Å²) in [5, 5.41) is 6.36. The standard InChI is InChI=1S/C17H22F2N2O2.ClH/c18-17(19)23-12-7-8-13-11(10-12)4-3-6-14(13)21-16(22)15-5-1-2-9-20-15;/h7-8,10,14-15,17,20H,1-6,9H2,(H,21,22);1H. The van der Waals surface area contributed by atoms with E-state index in [0.29, 0.717) is 0 Å². The predicted octanol–water partition coefficient (Wildman–Crippen LogP) is 3.35. The first-order chi connectivity index (χ1) is 11.1. The van der Waals surface area contributed by atoms with Crippen LogP contribution < -0.4 is 15.4 Å². The fraction of sp³-hybridized carbons (Fsp3) is 0.588. The Hall–Kier alpha value is -1.40. The van der Waals surface area contributed by atoms with E-state index < -0.39 is 6.61 Å². The summed E-state index contributed by atoms with van der Waals surface area (Å²) in [7, 11) is 0. The molecule has 2 atom stereocenters. The van der Waals surface area contributed by atoms with Crippen molar-refractivity contribution in [2.45, 2.75) is 57.2 Å². The van der Waals surface area contributed by atoms with Gasteiger partial charge in [-0.1, -0.05) is 12.5 Å². The Balaban J connectivity index is 0.00000208. The van der Waals surface area contributed by atoms with Crippen molar-refractivity contribution in [1.82, 2.24) is 10.6 Å². The molecule has 1 fully saturated rings. The predicted molar refractivity (Wildman–Crippen MR) is 89.8 cm³/mol. The number of benzene rings is 1. The third-order valence-electron chi connectivity index (χ3n) is 4.60. The third-order valence-corrected chi connectivity index (χ3v) is 4.60. The summed E-state index contributed by atoms with van der Waals surface area (Å²) >= 11 is 0. The Kier molecular flexibility index (Phi) is 6.80. The maximum atomic E-state index is 12.4.